The number of ether oxygens (including phenoxy) is 1. The fourth-order valence-corrected chi connectivity index (χ4v) is 1.86. The van der Waals surface area contributed by atoms with Crippen molar-refractivity contribution < 1.29 is 9.26 Å². The Morgan fingerprint density at radius 3 is 3.08 bits per heavy atom. The van der Waals surface area contributed by atoms with Gasteiger partial charge < -0.3 is 15.0 Å². The van der Waals surface area contributed by atoms with Crippen molar-refractivity contribution in [2.45, 2.75) is 6.10 Å². The highest BCUT2D eigenvalue weighted by molar-refractivity contribution is 7.99. The number of thioether (sulfide) groups is 1. The first kappa shape index (κ1) is 7.88. The molecule has 1 saturated heterocycles. The summed E-state index contributed by atoms with van der Waals surface area (Å²) in [6, 6.07) is 0.101. The van der Waals surface area contributed by atoms with Crippen molar-refractivity contribution in [3.63, 3.8) is 0 Å². The first-order chi connectivity index (χ1) is 5.86. The summed E-state index contributed by atoms with van der Waals surface area (Å²) in [5.74, 6) is 2.46. The Bertz CT molecular complexity index is 259. The lowest BCUT2D eigenvalue weighted by atomic mass is 10.4. The van der Waals surface area contributed by atoms with Gasteiger partial charge in [0, 0.05) is 11.5 Å². The van der Waals surface area contributed by atoms with Gasteiger partial charge in [-0.05, 0) is 0 Å². The minimum atomic E-state index is -0.0511. The third-order valence-corrected chi connectivity index (χ3v) is 2.56. The molecule has 2 rings (SSSR count). The van der Waals surface area contributed by atoms with E-state index in [-0.39, 0.29) is 12.1 Å². The van der Waals surface area contributed by atoms with Crippen LogP contribution in [0.2, 0.25) is 0 Å². The van der Waals surface area contributed by atoms with E-state index in [0.717, 1.165) is 18.1 Å². The molecule has 0 aliphatic carbocycles. The van der Waals surface area contributed by atoms with Crippen molar-refractivity contribution in [1.29, 1.82) is 0 Å². The fourth-order valence-electron chi connectivity index (χ4n) is 1.01. The van der Waals surface area contributed by atoms with Gasteiger partial charge in [-0.2, -0.15) is 16.7 Å². The third kappa shape index (κ3) is 1.54. The van der Waals surface area contributed by atoms with E-state index in [1.54, 1.807) is 0 Å². The number of rotatable bonds is 1. The zero-order valence-corrected chi connectivity index (χ0v) is 7.21. The molecule has 12 heavy (non-hydrogen) atoms. The van der Waals surface area contributed by atoms with Crippen LogP contribution in [-0.4, -0.2) is 28.3 Å². The third-order valence-electron chi connectivity index (χ3n) is 1.56. The summed E-state index contributed by atoms with van der Waals surface area (Å²) < 4.78 is 10.1. The van der Waals surface area contributed by atoms with E-state index in [4.69, 9.17) is 10.5 Å². The van der Waals surface area contributed by atoms with E-state index < -0.39 is 0 Å². The number of nitrogens with zero attached hydrogens (tertiary/aromatic N) is 2. The lowest BCUT2D eigenvalue weighted by molar-refractivity contribution is 0.0677. The molecule has 1 aliphatic rings. The standard InChI is InChI=1S/C6H9N3O2S/c7-6-8-5(9-11-6)4-3-12-2-1-10-4/h4H,1-3H2,(H2,7,8,9). The van der Waals surface area contributed by atoms with Gasteiger partial charge in [0.15, 0.2) is 0 Å². The second-order valence-electron chi connectivity index (χ2n) is 2.43. The van der Waals surface area contributed by atoms with Gasteiger partial charge in [-0.15, -0.1) is 0 Å². The molecule has 0 amide bonds. The van der Waals surface area contributed by atoms with Crippen LogP contribution in [0.1, 0.15) is 11.9 Å². The molecule has 66 valence electrons. The van der Waals surface area contributed by atoms with Crippen LogP contribution in [0.5, 0.6) is 0 Å². The van der Waals surface area contributed by atoms with Gasteiger partial charge in [0.25, 0.3) is 0 Å². The molecule has 1 aromatic rings. The van der Waals surface area contributed by atoms with E-state index in [0.29, 0.717) is 5.82 Å². The van der Waals surface area contributed by atoms with Crippen LogP contribution in [0, 0.1) is 0 Å². The molecular weight excluding hydrogens is 178 g/mol. The monoisotopic (exact) mass is 187 g/mol. The largest absolute Gasteiger partial charge is 0.368 e. The van der Waals surface area contributed by atoms with Crippen LogP contribution < -0.4 is 5.73 Å². The van der Waals surface area contributed by atoms with Gasteiger partial charge in [-0.3, -0.25) is 0 Å². The van der Waals surface area contributed by atoms with Gasteiger partial charge in [0.2, 0.25) is 5.82 Å². The first-order valence-electron chi connectivity index (χ1n) is 3.64. The molecular formula is C6H9N3O2S. The summed E-state index contributed by atoms with van der Waals surface area (Å²) in [6.07, 6.45) is -0.0511. The maximum atomic E-state index is 5.42. The van der Waals surface area contributed by atoms with Crippen LogP contribution in [0.3, 0.4) is 0 Å². The van der Waals surface area contributed by atoms with Gasteiger partial charge in [-0.1, -0.05) is 5.16 Å². The Morgan fingerprint density at radius 2 is 2.50 bits per heavy atom. The molecule has 1 fully saturated rings. The molecule has 1 atom stereocenters. The summed E-state index contributed by atoms with van der Waals surface area (Å²) in [5, 5.41) is 3.69. The van der Waals surface area contributed by atoms with Gasteiger partial charge in [0.05, 0.1) is 6.61 Å². The highest BCUT2D eigenvalue weighted by atomic mass is 32.2. The van der Waals surface area contributed by atoms with Gasteiger partial charge in [0.1, 0.15) is 6.10 Å². The van der Waals surface area contributed by atoms with Crippen LogP contribution >= 0.6 is 11.8 Å². The lowest BCUT2D eigenvalue weighted by Crippen LogP contribution is -2.16. The quantitative estimate of drug-likeness (QED) is 0.688. The highest BCUT2D eigenvalue weighted by Gasteiger charge is 2.21. The van der Waals surface area contributed by atoms with Crippen LogP contribution in [0.25, 0.3) is 0 Å². The van der Waals surface area contributed by atoms with Crippen molar-refractivity contribution in [3.05, 3.63) is 5.82 Å². The van der Waals surface area contributed by atoms with E-state index in [1.807, 2.05) is 11.8 Å². The summed E-state index contributed by atoms with van der Waals surface area (Å²) in [7, 11) is 0. The maximum Gasteiger partial charge on any atom is 0.318 e. The Morgan fingerprint density at radius 1 is 1.58 bits per heavy atom. The molecule has 6 heteroatoms. The number of nitrogens with two attached hydrogens (primary N) is 1. The topological polar surface area (TPSA) is 74.2 Å². The molecule has 0 bridgehead atoms. The smallest absolute Gasteiger partial charge is 0.318 e. The summed E-state index contributed by atoms with van der Waals surface area (Å²) in [4.78, 5) is 3.90. The Labute approximate surface area is 73.6 Å². The SMILES string of the molecule is Nc1nc(C2CSCCO2)no1. The number of anilines is 1. The van der Waals surface area contributed by atoms with Crippen LogP contribution in [0.4, 0.5) is 6.01 Å². The van der Waals surface area contributed by atoms with Crippen molar-refractivity contribution in [3.8, 4) is 0 Å². The van der Waals surface area contributed by atoms with Crippen LogP contribution in [-0.2, 0) is 4.74 Å². The molecule has 0 radical (unpaired) electrons. The maximum absolute atomic E-state index is 5.42. The minimum absolute atomic E-state index is 0.0511. The zero-order valence-electron chi connectivity index (χ0n) is 6.40. The normalized spacial score (nSPS) is 24.2. The average molecular weight is 187 g/mol. The minimum Gasteiger partial charge on any atom is -0.368 e. The van der Waals surface area contributed by atoms with E-state index in [9.17, 15) is 0 Å². The molecule has 1 aliphatic heterocycles. The van der Waals surface area contributed by atoms with E-state index >= 15 is 0 Å². The number of hydrogen-bond donors (Lipinski definition) is 1. The predicted octanol–water partition coefficient (Wildman–Crippen LogP) is 0.456. The van der Waals surface area contributed by atoms with Gasteiger partial charge in [-0.25, -0.2) is 0 Å². The van der Waals surface area contributed by atoms with Crippen molar-refractivity contribution in [1.82, 2.24) is 10.1 Å². The second-order valence-corrected chi connectivity index (χ2v) is 3.57. The molecule has 0 saturated carbocycles. The average Bonchev–Trinajstić information content (AvgIpc) is 2.54. The molecule has 0 spiro atoms. The highest BCUT2D eigenvalue weighted by Crippen LogP contribution is 2.24. The fraction of sp³-hybridized carbons (Fsp3) is 0.667. The second kappa shape index (κ2) is 3.32. The Balaban J connectivity index is 2.08. The van der Waals surface area contributed by atoms with E-state index in [1.165, 1.54) is 0 Å². The number of aromatic nitrogens is 2. The zero-order chi connectivity index (χ0) is 8.39. The Hall–Kier alpha value is -0.750. The summed E-state index contributed by atoms with van der Waals surface area (Å²) in [6.45, 7) is 0.740. The lowest BCUT2D eigenvalue weighted by Gasteiger charge is -2.18. The van der Waals surface area contributed by atoms with Crippen molar-refractivity contribution in [2.75, 3.05) is 23.8 Å². The van der Waals surface area contributed by atoms with Crippen molar-refractivity contribution in [2.24, 2.45) is 0 Å². The van der Waals surface area contributed by atoms with Gasteiger partial charge >= 0.3 is 6.01 Å². The number of nitrogen functional groups attached to an aromatic ring is 1. The van der Waals surface area contributed by atoms with Crippen molar-refractivity contribution >= 4 is 17.8 Å². The molecule has 1 unspecified atom stereocenters. The summed E-state index contributed by atoms with van der Waals surface area (Å²) in [5.41, 5.74) is 5.28. The first-order valence-corrected chi connectivity index (χ1v) is 4.80. The molecule has 0 aromatic carbocycles. The molecule has 2 heterocycles. The molecule has 2 N–H and O–H groups in total. The molecule has 5 nitrogen and oxygen atoms in total. The molecule has 1 aromatic heterocycles. The van der Waals surface area contributed by atoms with Crippen LogP contribution in [0.15, 0.2) is 4.52 Å². The number of hydrogen-bond acceptors (Lipinski definition) is 6. The summed E-state index contributed by atoms with van der Waals surface area (Å²) >= 11 is 1.82. The van der Waals surface area contributed by atoms with E-state index in [2.05, 4.69) is 14.7 Å². The Kier molecular flexibility index (Phi) is 2.18. The predicted molar refractivity (Wildman–Crippen MR) is 44.7 cm³/mol.